The maximum atomic E-state index is 13.2. The van der Waals surface area contributed by atoms with Crippen LogP contribution in [0.5, 0.6) is 0 Å². The SMILES string of the molecule is CC(=O)C1=NN(c2cccc(Cl)c2)[C@H]2C(=O)N(c3ccc(Br)cc3)C(=O)[C@@H]12. The van der Waals surface area contributed by atoms with Crippen molar-refractivity contribution < 1.29 is 14.4 Å². The smallest absolute Gasteiger partial charge is 0.259 e. The fourth-order valence-corrected chi connectivity index (χ4v) is 3.83. The van der Waals surface area contributed by atoms with Gasteiger partial charge in [-0.25, -0.2) is 4.90 Å². The molecule has 6 nitrogen and oxygen atoms in total. The number of anilines is 2. The number of hydrazone groups is 1. The zero-order valence-electron chi connectivity index (χ0n) is 14.1. The first-order chi connectivity index (χ1) is 12.9. The summed E-state index contributed by atoms with van der Waals surface area (Å²) >= 11 is 9.40. The number of amides is 2. The lowest BCUT2D eigenvalue weighted by atomic mass is 9.95. The summed E-state index contributed by atoms with van der Waals surface area (Å²) in [5, 5.41) is 6.18. The minimum absolute atomic E-state index is 0.0814. The van der Waals surface area contributed by atoms with Gasteiger partial charge in [0.05, 0.1) is 11.4 Å². The molecular formula is C19H13BrClN3O3. The maximum absolute atomic E-state index is 13.2. The van der Waals surface area contributed by atoms with Crippen molar-refractivity contribution in [1.82, 2.24) is 0 Å². The molecule has 1 fully saturated rings. The van der Waals surface area contributed by atoms with Crippen LogP contribution in [0.1, 0.15) is 6.92 Å². The van der Waals surface area contributed by atoms with Crippen molar-refractivity contribution in [2.75, 3.05) is 9.91 Å². The van der Waals surface area contributed by atoms with E-state index in [1.165, 1.54) is 11.9 Å². The highest BCUT2D eigenvalue weighted by molar-refractivity contribution is 9.10. The van der Waals surface area contributed by atoms with Crippen LogP contribution in [0, 0.1) is 5.92 Å². The Kier molecular flexibility index (Phi) is 4.36. The molecule has 0 spiro atoms. The predicted molar refractivity (Wildman–Crippen MR) is 106 cm³/mol. The third-order valence-corrected chi connectivity index (χ3v) is 5.33. The number of carbonyl (C=O) groups excluding carboxylic acids is 3. The van der Waals surface area contributed by atoms with E-state index in [0.717, 1.165) is 9.37 Å². The average molecular weight is 447 g/mol. The van der Waals surface area contributed by atoms with Crippen LogP contribution in [-0.4, -0.2) is 29.4 Å². The average Bonchev–Trinajstić information content (AvgIpc) is 3.14. The largest absolute Gasteiger partial charge is 0.293 e. The van der Waals surface area contributed by atoms with Gasteiger partial charge < -0.3 is 0 Å². The molecule has 1 saturated heterocycles. The second-order valence-electron chi connectivity index (χ2n) is 6.28. The number of ketones is 1. The zero-order chi connectivity index (χ0) is 19.3. The van der Waals surface area contributed by atoms with E-state index in [2.05, 4.69) is 21.0 Å². The first-order valence-electron chi connectivity index (χ1n) is 8.16. The van der Waals surface area contributed by atoms with Crippen LogP contribution in [-0.2, 0) is 14.4 Å². The number of benzene rings is 2. The van der Waals surface area contributed by atoms with Crippen molar-refractivity contribution in [2.45, 2.75) is 13.0 Å². The van der Waals surface area contributed by atoms with Gasteiger partial charge in [0.15, 0.2) is 5.78 Å². The van der Waals surface area contributed by atoms with Gasteiger partial charge in [0.2, 0.25) is 5.91 Å². The Hall–Kier alpha value is -2.51. The fraction of sp³-hybridized carbons (Fsp3) is 0.158. The third-order valence-electron chi connectivity index (χ3n) is 4.57. The van der Waals surface area contributed by atoms with E-state index in [4.69, 9.17) is 11.6 Å². The standard InChI is InChI=1S/C19H13BrClN3O3/c1-10(25)16-15-17(24(22-16)14-4-2-3-12(21)9-14)19(27)23(18(15)26)13-7-5-11(20)6-8-13/h2-9,15,17H,1H3/t15-,17+/m0/s1. The molecule has 0 radical (unpaired) electrons. The van der Waals surface area contributed by atoms with Crippen molar-refractivity contribution in [2.24, 2.45) is 11.0 Å². The van der Waals surface area contributed by atoms with E-state index in [0.29, 0.717) is 16.4 Å². The lowest BCUT2D eigenvalue weighted by molar-refractivity contribution is -0.122. The van der Waals surface area contributed by atoms with Gasteiger partial charge in [0.25, 0.3) is 5.91 Å². The van der Waals surface area contributed by atoms with Crippen molar-refractivity contribution in [1.29, 1.82) is 0 Å². The van der Waals surface area contributed by atoms with Crippen molar-refractivity contribution in [3.63, 3.8) is 0 Å². The summed E-state index contributed by atoms with van der Waals surface area (Å²) in [5.74, 6) is -2.15. The van der Waals surface area contributed by atoms with Crippen LogP contribution in [0.2, 0.25) is 5.02 Å². The second-order valence-corrected chi connectivity index (χ2v) is 7.63. The normalized spacial score (nSPS) is 21.5. The summed E-state index contributed by atoms with van der Waals surface area (Å²) in [6, 6.07) is 12.7. The topological polar surface area (TPSA) is 70.1 Å². The Morgan fingerprint density at radius 1 is 1.07 bits per heavy atom. The van der Waals surface area contributed by atoms with Gasteiger partial charge in [-0.3, -0.25) is 19.4 Å². The molecule has 2 atom stereocenters. The number of hydrogen-bond donors (Lipinski definition) is 0. The molecule has 2 aromatic carbocycles. The lowest BCUT2D eigenvalue weighted by Crippen LogP contribution is -2.39. The molecule has 0 N–H and O–H groups in total. The predicted octanol–water partition coefficient (Wildman–Crippen LogP) is 3.43. The maximum Gasteiger partial charge on any atom is 0.259 e. The van der Waals surface area contributed by atoms with Crippen molar-refractivity contribution >= 4 is 62.2 Å². The van der Waals surface area contributed by atoms with Gasteiger partial charge in [-0.05, 0) is 42.5 Å². The monoisotopic (exact) mass is 445 g/mol. The number of halogens is 2. The minimum Gasteiger partial charge on any atom is -0.293 e. The summed E-state index contributed by atoms with van der Waals surface area (Å²) in [7, 11) is 0. The summed E-state index contributed by atoms with van der Waals surface area (Å²) in [4.78, 5) is 39.4. The van der Waals surface area contributed by atoms with E-state index in [1.807, 2.05) is 0 Å². The molecule has 0 bridgehead atoms. The van der Waals surface area contributed by atoms with Gasteiger partial charge >= 0.3 is 0 Å². The van der Waals surface area contributed by atoms with Gasteiger partial charge in [0, 0.05) is 16.4 Å². The van der Waals surface area contributed by atoms with E-state index < -0.39 is 23.8 Å². The quantitative estimate of drug-likeness (QED) is 0.678. The summed E-state index contributed by atoms with van der Waals surface area (Å²) in [5.41, 5.74) is 1.09. The Labute approximate surface area is 168 Å². The molecule has 136 valence electrons. The summed E-state index contributed by atoms with van der Waals surface area (Å²) < 4.78 is 0.831. The van der Waals surface area contributed by atoms with Gasteiger partial charge in [0.1, 0.15) is 17.7 Å². The van der Waals surface area contributed by atoms with Crippen LogP contribution < -0.4 is 9.91 Å². The Balaban J connectivity index is 1.80. The third kappa shape index (κ3) is 2.87. The van der Waals surface area contributed by atoms with E-state index in [-0.39, 0.29) is 11.5 Å². The number of carbonyl (C=O) groups is 3. The van der Waals surface area contributed by atoms with Gasteiger partial charge in [-0.2, -0.15) is 5.10 Å². The molecule has 2 aromatic rings. The van der Waals surface area contributed by atoms with Crippen molar-refractivity contribution in [3.05, 3.63) is 58.0 Å². The van der Waals surface area contributed by atoms with E-state index in [9.17, 15) is 14.4 Å². The Morgan fingerprint density at radius 3 is 2.41 bits per heavy atom. The van der Waals surface area contributed by atoms with Crippen LogP contribution in [0.25, 0.3) is 0 Å². The number of Topliss-reactive ketones (excluding diaryl/α,β-unsaturated/α-hetero) is 1. The van der Waals surface area contributed by atoms with Crippen molar-refractivity contribution in [3.8, 4) is 0 Å². The van der Waals surface area contributed by atoms with Crippen LogP contribution in [0.3, 0.4) is 0 Å². The molecule has 0 aromatic heterocycles. The zero-order valence-corrected chi connectivity index (χ0v) is 16.4. The molecule has 2 amide bonds. The lowest BCUT2D eigenvalue weighted by Gasteiger charge is -2.22. The second kappa shape index (κ2) is 6.58. The number of fused-ring (bicyclic) bond motifs is 1. The van der Waals surface area contributed by atoms with Gasteiger partial charge in [-0.15, -0.1) is 0 Å². The number of nitrogens with zero attached hydrogens (tertiary/aromatic N) is 3. The molecule has 4 rings (SSSR count). The highest BCUT2D eigenvalue weighted by Gasteiger charge is 2.58. The first kappa shape index (κ1) is 17.9. The molecule has 0 saturated carbocycles. The molecule has 2 heterocycles. The number of imide groups is 1. The van der Waals surface area contributed by atoms with E-state index >= 15 is 0 Å². The molecule has 0 unspecified atom stereocenters. The number of hydrogen-bond acceptors (Lipinski definition) is 5. The molecular weight excluding hydrogens is 434 g/mol. The number of rotatable bonds is 3. The molecule has 27 heavy (non-hydrogen) atoms. The summed E-state index contributed by atoms with van der Waals surface area (Å²) in [6.07, 6.45) is 0. The summed E-state index contributed by atoms with van der Waals surface area (Å²) in [6.45, 7) is 1.34. The Morgan fingerprint density at radius 2 is 1.78 bits per heavy atom. The highest BCUT2D eigenvalue weighted by atomic mass is 79.9. The van der Waals surface area contributed by atoms with Crippen LogP contribution >= 0.6 is 27.5 Å². The molecule has 0 aliphatic carbocycles. The first-order valence-corrected chi connectivity index (χ1v) is 9.33. The molecule has 2 aliphatic heterocycles. The van der Waals surface area contributed by atoms with E-state index in [1.54, 1.807) is 48.5 Å². The fourth-order valence-electron chi connectivity index (χ4n) is 3.38. The van der Waals surface area contributed by atoms with Crippen LogP contribution in [0.15, 0.2) is 58.1 Å². The highest BCUT2D eigenvalue weighted by Crippen LogP contribution is 2.38. The molecule has 2 aliphatic rings. The van der Waals surface area contributed by atoms with Crippen LogP contribution in [0.4, 0.5) is 11.4 Å². The molecule has 8 heteroatoms. The minimum atomic E-state index is -0.933. The Bertz CT molecular complexity index is 1010. The van der Waals surface area contributed by atoms with Gasteiger partial charge in [-0.1, -0.05) is 33.6 Å².